The molecule has 0 bridgehead atoms. The van der Waals surface area contributed by atoms with Crippen LogP contribution in [0, 0.1) is 5.92 Å². The second-order valence-corrected chi connectivity index (χ2v) is 12.6. The monoisotopic (exact) mass is 559 g/mol. The molecule has 1 aliphatic carbocycles. The smallest absolute Gasteiger partial charge is 0.416 e. The predicted octanol–water partition coefficient (Wildman–Crippen LogP) is 6.75. The van der Waals surface area contributed by atoms with Crippen LogP contribution in [0.5, 0.6) is 0 Å². The number of hydrogen-bond donors (Lipinski definition) is 2. The number of amides is 2. The maximum absolute atomic E-state index is 13.3. The van der Waals surface area contributed by atoms with Crippen molar-refractivity contribution in [2.45, 2.75) is 74.2 Å². The van der Waals surface area contributed by atoms with E-state index in [9.17, 15) is 27.9 Å². The van der Waals surface area contributed by atoms with E-state index in [0.717, 1.165) is 43.5 Å². The number of anilines is 1. The van der Waals surface area contributed by atoms with Crippen molar-refractivity contribution in [3.05, 3.63) is 41.6 Å². The maximum atomic E-state index is 13.3. The molecule has 1 aromatic heterocycles. The average Bonchev–Trinajstić information content (AvgIpc) is 3.25. The first-order valence-corrected chi connectivity index (χ1v) is 13.7. The lowest BCUT2D eigenvalue weighted by Gasteiger charge is -2.36. The Bertz CT molecular complexity index is 1070. The van der Waals surface area contributed by atoms with Crippen LogP contribution in [0.4, 0.5) is 23.1 Å². The van der Waals surface area contributed by atoms with Crippen LogP contribution in [0.1, 0.15) is 57.6 Å². The van der Waals surface area contributed by atoms with Gasteiger partial charge in [-0.15, -0.1) is 0 Å². The highest BCUT2D eigenvalue weighted by atomic mass is 32.2. The molecule has 1 saturated carbocycles. The molecule has 2 amide bonds. The maximum Gasteiger partial charge on any atom is 0.416 e. The molecular formula is C25H32F3N3O4S2. The number of rotatable bonds is 10. The van der Waals surface area contributed by atoms with E-state index >= 15 is 0 Å². The van der Waals surface area contributed by atoms with Gasteiger partial charge in [-0.3, -0.25) is 10.1 Å². The van der Waals surface area contributed by atoms with Crippen LogP contribution in [-0.2, 0) is 22.3 Å². The first-order chi connectivity index (χ1) is 17.4. The Morgan fingerprint density at radius 1 is 1.22 bits per heavy atom. The van der Waals surface area contributed by atoms with Gasteiger partial charge >= 0.3 is 18.2 Å². The number of urea groups is 1. The van der Waals surface area contributed by atoms with E-state index in [1.807, 2.05) is 0 Å². The SMILES string of the molecule is CC(C)(Sc1cnc(NC(=O)N(CCOCc2ccccc2C(F)(F)F)[C@H]2CC[C@H](C)CC2)s1)C(=O)O. The summed E-state index contributed by atoms with van der Waals surface area (Å²) in [5.41, 5.74) is -0.677. The van der Waals surface area contributed by atoms with E-state index in [0.29, 0.717) is 15.3 Å². The number of ether oxygens (including phenoxy) is 1. The van der Waals surface area contributed by atoms with Gasteiger partial charge in [0.2, 0.25) is 0 Å². The minimum Gasteiger partial charge on any atom is -0.480 e. The van der Waals surface area contributed by atoms with Crippen molar-refractivity contribution >= 4 is 40.2 Å². The summed E-state index contributed by atoms with van der Waals surface area (Å²) >= 11 is 2.34. The standard InChI is InChI=1S/C25H32F3N3O4S2/c1-16-8-10-18(11-9-16)31(12-13-35-15-17-6-4-5-7-19(17)25(26,27)28)23(34)30-22-29-14-20(36-22)37-24(2,3)21(32)33/h4-7,14,16,18H,8-13,15H2,1-3H3,(H,32,33)(H,29,30,34)/t16-,18-. The molecule has 2 N–H and O–H groups in total. The van der Waals surface area contributed by atoms with Gasteiger partial charge in [-0.1, -0.05) is 48.2 Å². The Hall–Kier alpha value is -2.31. The zero-order chi connectivity index (χ0) is 27.2. The van der Waals surface area contributed by atoms with Gasteiger partial charge in [0.15, 0.2) is 5.13 Å². The molecule has 0 atom stereocenters. The molecule has 0 spiro atoms. The molecule has 3 rings (SSSR count). The number of hydrogen-bond acceptors (Lipinski definition) is 6. The Kier molecular flexibility index (Phi) is 9.87. The molecule has 2 aromatic rings. The summed E-state index contributed by atoms with van der Waals surface area (Å²) in [7, 11) is 0. The Morgan fingerprint density at radius 2 is 1.89 bits per heavy atom. The molecule has 204 valence electrons. The van der Waals surface area contributed by atoms with E-state index < -0.39 is 22.5 Å². The lowest BCUT2D eigenvalue weighted by atomic mass is 9.86. The first kappa shape index (κ1) is 29.2. The number of nitrogens with zero attached hydrogens (tertiary/aromatic N) is 2. The van der Waals surface area contributed by atoms with Crippen LogP contribution in [0.25, 0.3) is 0 Å². The second kappa shape index (κ2) is 12.5. The Balaban J connectivity index is 1.63. The average molecular weight is 560 g/mol. The van der Waals surface area contributed by atoms with Gasteiger partial charge < -0.3 is 14.7 Å². The van der Waals surface area contributed by atoms with Gasteiger partial charge in [-0.05, 0) is 57.1 Å². The van der Waals surface area contributed by atoms with Crippen LogP contribution in [0.2, 0.25) is 0 Å². The number of carboxylic acids is 1. The number of carbonyl (C=O) groups is 2. The molecular weight excluding hydrogens is 527 g/mol. The molecule has 12 heteroatoms. The number of carboxylic acid groups (broad SMARTS) is 1. The summed E-state index contributed by atoms with van der Waals surface area (Å²) in [5, 5.41) is 12.5. The van der Waals surface area contributed by atoms with Gasteiger partial charge in [-0.25, -0.2) is 9.78 Å². The molecule has 0 aliphatic heterocycles. The van der Waals surface area contributed by atoms with Crippen LogP contribution in [0.3, 0.4) is 0 Å². The fourth-order valence-corrected chi connectivity index (χ4v) is 6.36. The summed E-state index contributed by atoms with van der Waals surface area (Å²) < 4.78 is 45.0. The van der Waals surface area contributed by atoms with Gasteiger partial charge in [0.25, 0.3) is 0 Å². The molecule has 1 aliphatic rings. The fraction of sp³-hybridized carbons (Fsp3) is 0.560. The van der Waals surface area contributed by atoms with Crippen molar-refractivity contribution in [2.75, 3.05) is 18.5 Å². The van der Waals surface area contributed by atoms with Crippen molar-refractivity contribution in [3.8, 4) is 0 Å². The van der Waals surface area contributed by atoms with Gasteiger partial charge in [0.1, 0.15) is 4.75 Å². The number of aliphatic carboxylic acids is 1. The zero-order valence-corrected chi connectivity index (χ0v) is 22.6. The number of thiazole rings is 1. The first-order valence-electron chi connectivity index (χ1n) is 12.1. The third-order valence-corrected chi connectivity index (χ3v) is 8.51. The number of halogens is 3. The van der Waals surface area contributed by atoms with Crippen LogP contribution < -0.4 is 5.32 Å². The summed E-state index contributed by atoms with van der Waals surface area (Å²) in [6.45, 7) is 5.46. The van der Waals surface area contributed by atoms with E-state index in [-0.39, 0.29) is 37.4 Å². The highest BCUT2D eigenvalue weighted by Gasteiger charge is 2.33. The van der Waals surface area contributed by atoms with Gasteiger partial charge in [-0.2, -0.15) is 13.2 Å². The number of carbonyl (C=O) groups excluding carboxylic acids is 1. The van der Waals surface area contributed by atoms with Crippen LogP contribution in [-0.4, -0.2) is 50.9 Å². The highest BCUT2D eigenvalue weighted by molar-refractivity contribution is 8.03. The van der Waals surface area contributed by atoms with Crippen molar-refractivity contribution in [1.82, 2.24) is 9.88 Å². The molecule has 0 radical (unpaired) electrons. The van der Waals surface area contributed by atoms with Crippen molar-refractivity contribution in [2.24, 2.45) is 5.92 Å². The van der Waals surface area contributed by atoms with Crippen LogP contribution >= 0.6 is 23.1 Å². The molecule has 0 saturated heterocycles. The summed E-state index contributed by atoms with van der Waals surface area (Å²) in [6, 6.07) is 4.92. The molecule has 1 heterocycles. The van der Waals surface area contributed by atoms with E-state index in [2.05, 4.69) is 17.2 Å². The van der Waals surface area contributed by atoms with Gasteiger partial charge in [0, 0.05) is 12.6 Å². The third-order valence-electron chi connectivity index (χ3n) is 6.31. The number of aromatic nitrogens is 1. The third kappa shape index (κ3) is 8.34. The minimum absolute atomic E-state index is 0.0120. The molecule has 1 aromatic carbocycles. The van der Waals surface area contributed by atoms with Crippen molar-refractivity contribution in [1.29, 1.82) is 0 Å². The summed E-state index contributed by atoms with van der Waals surface area (Å²) in [5.74, 6) is -0.375. The largest absolute Gasteiger partial charge is 0.480 e. The topological polar surface area (TPSA) is 91.8 Å². The lowest BCUT2D eigenvalue weighted by molar-refractivity contribution is -0.139. The fourth-order valence-electron chi connectivity index (χ4n) is 4.09. The molecule has 37 heavy (non-hydrogen) atoms. The van der Waals surface area contributed by atoms with Gasteiger partial charge in [0.05, 0.1) is 29.2 Å². The molecule has 7 nitrogen and oxygen atoms in total. The van der Waals surface area contributed by atoms with E-state index in [1.54, 1.807) is 18.7 Å². The van der Waals surface area contributed by atoms with E-state index in [1.165, 1.54) is 35.7 Å². The van der Waals surface area contributed by atoms with Crippen LogP contribution in [0.15, 0.2) is 34.7 Å². The number of thioether (sulfide) groups is 1. The quantitative estimate of drug-likeness (QED) is 0.247. The summed E-state index contributed by atoms with van der Waals surface area (Å²) in [4.78, 5) is 30.5. The van der Waals surface area contributed by atoms with E-state index in [4.69, 9.17) is 4.74 Å². The zero-order valence-electron chi connectivity index (χ0n) is 21.0. The molecule has 0 unspecified atom stereocenters. The van der Waals surface area contributed by atoms with Crippen molar-refractivity contribution < 1.29 is 32.6 Å². The van der Waals surface area contributed by atoms with Crippen molar-refractivity contribution in [3.63, 3.8) is 0 Å². The normalized spacial score (nSPS) is 18.4. The number of benzene rings is 1. The summed E-state index contributed by atoms with van der Waals surface area (Å²) in [6.07, 6.45) is 0.695. The predicted molar refractivity (Wildman–Crippen MR) is 138 cm³/mol. The highest BCUT2D eigenvalue weighted by Crippen LogP contribution is 2.38. The number of nitrogens with one attached hydrogen (secondary N) is 1. The Labute approximate surface area is 222 Å². The number of alkyl halides is 3. The second-order valence-electron chi connectivity index (χ2n) is 9.65. The Morgan fingerprint density at radius 3 is 2.54 bits per heavy atom. The molecule has 1 fully saturated rings. The minimum atomic E-state index is -4.46. The lowest BCUT2D eigenvalue weighted by Crippen LogP contribution is -2.46.